The number of unbranched alkanes of at least 4 members (excludes halogenated alkanes) is 1. The van der Waals surface area contributed by atoms with E-state index in [1.807, 2.05) is 48.3 Å². The molecular weight excluding hydrogens is 348 g/mol. The summed E-state index contributed by atoms with van der Waals surface area (Å²) < 4.78 is 23.7. The quantitative estimate of drug-likeness (QED) is 0.751. The number of benzene rings is 1. The van der Waals surface area contributed by atoms with Crippen LogP contribution in [0.4, 0.5) is 11.8 Å². The summed E-state index contributed by atoms with van der Waals surface area (Å²) in [5.41, 5.74) is 1.85. The van der Waals surface area contributed by atoms with Crippen molar-refractivity contribution in [2.45, 2.75) is 32.2 Å². The number of nitrogens with one attached hydrogen (secondary N) is 1. The van der Waals surface area contributed by atoms with E-state index in [9.17, 15) is 8.42 Å². The summed E-state index contributed by atoms with van der Waals surface area (Å²) in [6.07, 6.45) is 2.78. The first-order chi connectivity index (χ1) is 12.5. The van der Waals surface area contributed by atoms with Crippen molar-refractivity contribution in [3.05, 3.63) is 36.4 Å². The summed E-state index contributed by atoms with van der Waals surface area (Å²) in [6, 6.07) is 11.9. The van der Waals surface area contributed by atoms with Crippen molar-refractivity contribution in [2.24, 2.45) is 0 Å². The number of rotatable bonds is 7. The summed E-state index contributed by atoms with van der Waals surface area (Å²) in [6.45, 7) is 2.96. The molecule has 1 N–H and O–H groups in total. The molecule has 2 heterocycles. The molecule has 0 radical (unpaired) electrons. The average Bonchev–Trinajstić information content (AvgIpc) is 3.01. The molecule has 1 atom stereocenters. The van der Waals surface area contributed by atoms with Crippen LogP contribution in [-0.4, -0.2) is 49.5 Å². The molecule has 6 nitrogen and oxygen atoms in total. The van der Waals surface area contributed by atoms with Gasteiger partial charge in [0.15, 0.2) is 9.84 Å². The Morgan fingerprint density at radius 1 is 1.23 bits per heavy atom. The van der Waals surface area contributed by atoms with E-state index in [1.165, 1.54) is 0 Å². The summed E-state index contributed by atoms with van der Waals surface area (Å²) in [5, 5.41) is 3.29. The Morgan fingerprint density at radius 3 is 2.65 bits per heavy atom. The zero-order valence-corrected chi connectivity index (χ0v) is 16.2. The van der Waals surface area contributed by atoms with Crippen LogP contribution in [0.5, 0.6) is 0 Å². The molecule has 26 heavy (non-hydrogen) atoms. The second-order valence-corrected chi connectivity index (χ2v) is 8.98. The molecule has 0 saturated carbocycles. The Bertz CT molecular complexity index is 840. The number of sulfone groups is 1. The van der Waals surface area contributed by atoms with E-state index in [4.69, 9.17) is 0 Å². The molecule has 0 spiro atoms. The standard InChI is InChI=1S/C19H26N4O2S/c1-3-4-11-20-19-21-17(15-8-6-5-7-9-15)13-18(22-19)23(2)16-10-12-26(24,25)14-16/h5-9,13,16H,3-4,10-12,14H2,1-2H3,(H,20,21,22). The first-order valence-corrected chi connectivity index (χ1v) is 10.9. The fourth-order valence-electron chi connectivity index (χ4n) is 3.10. The zero-order chi connectivity index (χ0) is 18.6. The van der Waals surface area contributed by atoms with Crippen LogP contribution in [0.25, 0.3) is 11.3 Å². The van der Waals surface area contributed by atoms with Gasteiger partial charge in [-0.25, -0.2) is 13.4 Å². The van der Waals surface area contributed by atoms with Crippen LogP contribution in [-0.2, 0) is 9.84 Å². The first-order valence-electron chi connectivity index (χ1n) is 9.10. The molecule has 1 aromatic heterocycles. The van der Waals surface area contributed by atoms with Crippen LogP contribution in [0.1, 0.15) is 26.2 Å². The van der Waals surface area contributed by atoms with Crippen molar-refractivity contribution in [3.63, 3.8) is 0 Å². The van der Waals surface area contributed by atoms with Gasteiger partial charge < -0.3 is 10.2 Å². The van der Waals surface area contributed by atoms with Crippen LogP contribution in [0.2, 0.25) is 0 Å². The van der Waals surface area contributed by atoms with Crippen LogP contribution in [0, 0.1) is 0 Å². The van der Waals surface area contributed by atoms with Gasteiger partial charge in [0.05, 0.1) is 17.2 Å². The monoisotopic (exact) mass is 374 g/mol. The highest BCUT2D eigenvalue weighted by atomic mass is 32.2. The van der Waals surface area contributed by atoms with Gasteiger partial charge in [0.25, 0.3) is 0 Å². The van der Waals surface area contributed by atoms with E-state index in [2.05, 4.69) is 22.2 Å². The summed E-state index contributed by atoms with van der Waals surface area (Å²) in [5.74, 6) is 1.77. The topological polar surface area (TPSA) is 75.2 Å². The lowest BCUT2D eigenvalue weighted by Crippen LogP contribution is -2.33. The molecule has 1 fully saturated rings. The minimum atomic E-state index is -2.94. The third-order valence-electron chi connectivity index (χ3n) is 4.71. The molecule has 1 unspecified atom stereocenters. The normalized spacial score (nSPS) is 18.6. The molecular formula is C19H26N4O2S. The zero-order valence-electron chi connectivity index (χ0n) is 15.4. The molecule has 1 saturated heterocycles. The predicted octanol–water partition coefficient (Wildman–Crippen LogP) is 2.98. The van der Waals surface area contributed by atoms with E-state index >= 15 is 0 Å². The van der Waals surface area contributed by atoms with Gasteiger partial charge in [0, 0.05) is 31.3 Å². The molecule has 0 bridgehead atoms. The van der Waals surface area contributed by atoms with Gasteiger partial charge in [-0.1, -0.05) is 43.7 Å². The molecule has 7 heteroatoms. The molecule has 1 aliphatic heterocycles. The van der Waals surface area contributed by atoms with Crippen LogP contribution in [0.3, 0.4) is 0 Å². The predicted molar refractivity (Wildman–Crippen MR) is 106 cm³/mol. The average molecular weight is 375 g/mol. The third-order valence-corrected chi connectivity index (χ3v) is 6.46. The lowest BCUT2D eigenvalue weighted by Gasteiger charge is -2.25. The van der Waals surface area contributed by atoms with Gasteiger partial charge in [0.1, 0.15) is 5.82 Å². The van der Waals surface area contributed by atoms with Gasteiger partial charge in [-0.05, 0) is 12.8 Å². The molecule has 3 rings (SSSR count). The minimum absolute atomic E-state index is 0.0398. The fourth-order valence-corrected chi connectivity index (χ4v) is 4.87. The van der Waals surface area contributed by atoms with Crippen molar-refractivity contribution in [3.8, 4) is 11.3 Å². The van der Waals surface area contributed by atoms with E-state index in [0.29, 0.717) is 12.4 Å². The summed E-state index contributed by atoms with van der Waals surface area (Å²) in [4.78, 5) is 11.3. The van der Waals surface area contributed by atoms with Crippen molar-refractivity contribution < 1.29 is 8.42 Å². The largest absolute Gasteiger partial charge is 0.355 e. The van der Waals surface area contributed by atoms with Crippen molar-refractivity contribution >= 4 is 21.6 Å². The third kappa shape index (κ3) is 4.52. The van der Waals surface area contributed by atoms with Gasteiger partial charge >= 0.3 is 0 Å². The van der Waals surface area contributed by atoms with E-state index in [-0.39, 0.29) is 17.5 Å². The number of aromatic nitrogens is 2. The van der Waals surface area contributed by atoms with Gasteiger partial charge in [-0.15, -0.1) is 0 Å². The first kappa shape index (κ1) is 18.6. The number of nitrogens with zero attached hydrogens (tertiary/aromatic N) is 3. The molecule has 1 aromatic carbocycles. The van der Waals surface area contributed by atoms with E-state index in [0.717, 1.165) is 36.5 Å². The van der Waals surface area contributed by atoms with E-state index in [1.54, 1.807) is 0 Å². The van der Waals surface area contributed by atoms with Crippen LogP contribution in [0.15, 0.2) is 36.4 Å². The Kier molecular flexibility index (Phi) is 5.76. The molecule has 140 valence electrons. The second kappa shape index (κ2) is 8.03. The molecule has 0 aliphatic carbocycles. The van der Waals surface area contributed by atoms with Crippen molar-refractivity contribution in [2.75, 3.05) is 35.3 Å². The number of anilines is 2. The van der Waals surface area contributed by atoms with Crippen LogP contribution >= 0.6 is 0 Å². The maximum absolute atomic E-state index is 11.8. The highest BCUT2D eigenvalue weighted by Gasteiger charge is 2.31. The number of hydrogen-bond donors (Lipinski definition) is 1. The fraction of sp³-hybridized carbons (Fsp3) is 0.474. The smallest absolute Gasteiger partial charge is 0.225 e. The summed E-state index contributed by atoms with van der Waals surface area (Å²) >= 11 is 0. The minimum Gasteiger partial charge on any atom is -0.355 e. The van der Waals surface area contributed by atoms with E-state index < -0.39 is 9.84 Å². The Morgan fingerprint density at radius 2 is 2.00 bits per heavy atom. The van der Waals surface area contributed by atoms with Gasteiger partial charge in [-0.2, -0.15) is 4.98 Å². The maximum Gasteiger partial charge on any atom is 0.225 e. The Balaban J connectivity index is 1.91. The van der Waals surface area contributed by atoms with Crippen molar-refractivity contribution in [1.82, 2.24) is 9.97 Å². The van der Waals surface area contributed by atoms with Gasteiger partial charge in [-0.3, -0.25) is 0 Å². The number of hydrogen-bond acceptors (Lipinski definition) is 6. The highest BCUT2D eigenvalue weighted by Crippen LogP contribution is 2.26. The lowest BCUT2D eigenvalue weighted by molar-refractivity contribution is 0.600. The Hall–Kier alpha value is -2.15. The highest BCUT2D eigenvalue weighted by molar-refractivity contribution is 7.91. The SMILES string of the molecule is CCCCNc1nc(-c2ccccc2)cc(N(C)C2CCS(=O)(=O)C2)n1. The Labute approximate surface area is 155 Å². The molecule has 2 aromatic rings. The maximum atomic E-state index is 11.8. The van der Waals surface area contributed by atoms with Crippen LogP contribution < -0.4 is 10.2 Å². The molecule has 0 amide bonds. The van der Waals surface area contributed by atoms with Crippen molar-refractivity contribution in [1.29, 1.82) is 0 Å². The lowest BCUT2D eigenvalue weighted by atomic mass is 10.1. The van der Waals surface area contributed by atoms with Gasteiger partial charge in [0.2, 0.25) is 5.95 Å². The summed E-state index contributed by atoms with van der Waals surface area (Å²) in [7, 11) is -1.02. The molecule has 1 aliphatic rings. The second-order valence-electron chi connectivity index (χ2n) is 6.75.